The van der Waals surface area contributed by atoms with E-state index < -0.39 is 35.4 Å². The number of benzene rings is 2. The van der Waals surface area contributed by atoms with E-state index in [-0.39, 0.29) is 37.4 Å². The molecule has 2 aliphatic heterocycles. The number of amides is 3. The number of fused-ring (bicyclic) bond motifs is 1. The number of ether oxygens (including phenoxy) is 1. The van der Waals surface area contributed by atoms with Crippen molar-refractivity contribution >= 4 is 40.9 Å². The molecule has 4 rings (SSSR count). The zero-order valence-corrected chi connectivity index (χ0v) is 25.2. The summed E-state index contributed by atoms with van der Waals surface area (Å²) in [6, 6.07) is 12.3. The first kappa shape index (κ1) is 32.9. The minimum atomic E-state index is -1.06. The maximum Gasteiger partial charge on any atom is 0.247 e. The number of halogens is 1. The van der Waals surface area contributed by atoms with Gasteiger partial charge < -0.3 is 25.8 Å². The lowest BCUT2D eigenvalue weighted by atomic mass is 9.91. The van der Waals surface area contributed by atoms with Crippen LogP contribution in [0.25, 0.3) is 10.8 Å². The van der Waals surface area contributed by atoms with Gasteiger partial charge in [0.05, 0.1) is 18.2 Å². The third kappa shape index (κ3) is 8.96. The van der Waals surface area contributed by atoms with E-state index in [1.165, 1.54) is 4.90 Å². The lowest BCUT2D eigenvalue weighted by Gasteiger charge is -2.35. The summed E-state index contributed by atoms with van der Waals surface area (Å²) in [5.41, 5.74) is -0.0291. The second kappa shape index (κ2) is 15.1. The molecule has 2 unspecified atom stereocenters. The number of aliphatic hydroxyl groups excluding tert-OH is 1. The molecule has 0 spiro atoms. The molecule has 4 N–H and O–H groups in total. The van der Waals surface area contributed by atoms with Crippen LogP contribution < -0.4 is 16.0 Å². The van der Waals surface area contributed by atoms with Crippen molar-refractivity contribution in [3.63, 3.8) is 0 Å². The van der Waals surface area contributed by atoms with Gasteiger partial charge in [-0.05, 0) is 48.6 Å². The Hall–Kier alpha value is -2.56. The van der Waals surface area contributed by atoms with E-state index in [1.54, 1.807) is 20.8 Å². The molecule has 226 valence electrons. The SMILES string of the molecule is CC(C)(C)C(=O)N(C(=O)[C@@H]1CCCN1)[C@H](Cc1ccc2ccccc2c1)C(=O)NCC(O)CNCC1CCCO1.Cl. The van der Waals surface area contributed by atoms with Crippen molar-refractivity contribution < 1.29 is 24.2 Å². The first-order valence-electron chi connectivity index (χ1n) is 14.5. The highest BCUT2D eigenvalue weighted by Gasteiger charge is 2.42. The number of imide groups is 1. The van der Waals surface area contributed by atoms with Crippen LogP contribution in [0.1, 0.15) is 52.0 Å². The van der Waals surface area contributed by atoms with Gasteiger partial charge in [0.15, 0.2) is 0 Å². The lowest BCUT2D eigenvalue weighted by molar-refractivity contribution is -0.157. The highest BCUT2D eigenvalue weighted by molar-refractivity contribution is 6.04. The molecule has 2 heterocycles. The third-order valence-corrected chi connectivity index (χ3v) is 7.60. The summed E-state index contributed by atoms with van der Waals surface area (Å²) < 4.78 is 5.60. The van der Waals surface area contributed by atoms with E-state index >= 15 is 0 Å². The highest BCUT2D eigenvalue weighted by atomic mass is 35.5. The molecule has 2 aliphatic rings. The van der Waals surface area contributed by atoms with Gasteiger partial charge in [0, 0.05) is 38.1 Å². The van der Waals surface area contributed by atoms with E-state index in [1.807, 2.05) is 42.5 Å². The Morgan fingerprint density at radius 1 is 1.07 bits per heavy atom. The smallest absolute Gasteiger partial charge is 0.247 e. The Balaban J connectivity index is 0.00000462. The molecule has 0 bridgehead atoms. The highest BCUT2D eigenvalue weighted by Crippen LogP contribution is 2.25. The fraction of sp³-hybridized carbons (Fsp3) is 0.581. The Labute approximate surface area is 249 Å². The van der Waals surface area contributed by atoms with Crippen LogP contribution in [0.4, 0.5) is 0 Å². The van der Waals surface area contributed by atoms with Gasteiger partial charge >= 0.3 is 0 Å². The van der Waals surface area contributed by atoms with Gasteiger partial charge in [-0.3, -0.25) is 19.3 Å². The molecule has 4 atom stereocenters. The van der Waals surface area contributed by atoms with E-state index in [9.17, 15) is 19.5 Å². The Bertz CT molecular complexity index is 1170. The molecule has 0 aromatic heterocycles. The van der Waals surface area contributed by atoms with Crippen molar-refractivity contribution in [2.45, 2.75) is 77.2 Å². The summed E-state index contributed by atoms with van der Waals surface area (Å²) in [6.07, 6.45) is 2.99. The monoisotopic (exact) mass is 588 g/mol. The van der Waals surface area contributed by atoms with E-state index in [0.29, 0.717) is 26.1 Å². The van der Waals surface area contributed by atoms with Crippen LogP contribution in [0.15, 0.2) is 42.5 Å². The summed E-state index contributed by atoms with van der Waals surface area (Å²) in [6.45, 7) is 7.67. The van der Waals surface area contributed by atoms with Crippen molar-refractivity contribution in [2.24, 2.45) is 5.41 Å². The van der Waals surface area contributed by atoms with Crippen LogP contribution in [0.3, 0.4) is 0 Å². The topological polar surface area (TPSA) is 120 Å². The molecule has 0 saturated carbocycles. The second-order valence-corrected chi connectivity index (χ2v) is 12.0. The van der Waals surface area contributed by atoms with Crippen molar-refractivity contribution in [3.05, 3.63) is 48.0 Å². The number of aliphatic hydroxyl groups is 1. The fourth-order valence-corrected chi connectivity index (χ4v) is 5.33. The lowest BCUT2D eigenvalue weighted by Crippen LogP contribution is -2.60. The second-order valence-electron chi connectivity index (χ2n) is 12.0. The minimum absolute atomic E-state index is 0. The Kier molecular flexibility index (Phi) is 12.1. The summed E-state index contributed by atoms with van der Waals surface area (Å²) in [5.74, 6) is -1.24. The molecule has 41 heavy (non-hydrogen) atoms. The molecule has 9 nitrogen and oxygen atoms in total. The van der Waals surface area contributed by atoms with Gasteiger partial charge in [-0.25, -0.2) is 0 Å². The van der Waals surface area contributed by atoms with Crippen LogP contribution in [0.5, 0.6) is 0 Å². The van der Waals surface area contributed by atoms with Crippen molar-refractivity contribution in [3.8, 4) is 0 Å². The molecular weight excluding hydrogens is 544 g/mol. The molecule has 2 fully saturated rings. The molecular formula is C31H45ClN4O5. The van der Waals surface area contributed by atoms with Gasteiger partial charge in [0.25, 0.3) is 0 Å². The Morgan fingerprint density at radius 3 is 2.49 bits per heavy atom. The average molecular weight is 589 g/mol. The van der Waals surface area contributed by atoms with Crippen LogP contribution in [-0.4, -0.2) is 84.8 Å². The number of nitrogens with zero attached hydrogens (tertiary/aromatic N) is 1. The normalized spacial score (nSPS) is 20.3. The largest absolute Gasteiger partial charge is 0.390 e. The molecule has 3 amide bonds. The number of carbonyl (C=O) groups is 3. The summed E-state index contributed by atoms with van der Waals surface area (Å²) >= 11 is 0. The predicted octanol–water partition coefficient (Wildman–Crippen LogP) is 2.57. The summed E-state index contributed by atoms with van der Waals surface area (Å²) in [5, 5.41) is 21.8. The van der Waals surface area contributed by atoms with E-state index in [4.69, 9.17) is 4.74 Å². The quantitative estimate of drug-likeness (QED) is 0.318. The standard InChI is InChI=1S/C31H44N4O5.ClH/c1-31(2,3)30(39)35(29(38)26-11-6-14-33-26)27(17-21-12-13-22-8-4-5-9-23(22)16-21)28(37)34-19-24(36)18-32-20-25-10-7-15-40-25;/h4-5,8-9,12-13,16,24-27,32-33,36H,6-7,10-11,14-15,17-20H2,1-3H3,(H,34,37);1H/t24?,25?,26-,27+;/m0./s1. The zero-order valence-electron chi connectivity index (χ0n) is 24.4. The average Bonchev–Trinajstić information content (AvgIpc) is 3.65. The molecule has 10 heteroatoms. The number of rotatable bonds is 11. The van der Waals surface area contributed by atoms with Gasteiger partial charge in [0.1, 0.15) is 6.04 Å². The molecule has 2 aromatic carbocycles. The van der Waals surface area contributed by atoms with Gasteiger partial charge in [-0.15, -0.1) is 12.4 Å². The number of carbonyl (C=O) groups excluding carboxylic acids is 3. The summed E-state index contributed by atoms with van der Waals surface area (Å²) in [7, 11) is 0. The third-order valence-electron chi connectivity index (χ3n) is 7.60. The van der Waals surface area contributed by atoms with Crippen molar-refractivity contribution in [1.29, 1.82) is 0 Å². The number of hydrogen-bond acceptors (Lipinski definition) is 7. The Morgan fingerprint density at radius 2 is 1.83 bits per heavy atom. The van der Waals surface area contributed by atoms with Crippen LogP contribution in [0, 0.1) is 5.41 Å². The summed E-state index contributed by atoms with van der Waals surface area (Å²) in [4.78, 5) is 42.5. The van der Waals surface area contributed by atoms with Crippen molar-refractivity contribution in [2.75, 3.05) is 32.8 Å². The van der Waals surface area contributed by atoms with Crippen LogP contribution in [0.2, 0.25) is 0 Å². The molecule has 2 aromatic rings. The number of hydrogen-bond donors (Lipinski definition) is 4. The number of nitrogens with one attached hydrogen (secondary N) is 3. The van der Waals surface area contributed by atoms with E-state index in [0.717, 1.165) is 42.2 Å². The van der Waals surface area contributed by atoms with Gasteiger partial charge in [-0.1, -0.05) is 63.2 Å². The first-order valence-corrected chi connectivity index (χ1v) is 14.5. The van der Waals surface area contributed by atoms with Crippen molar-refractivity contribution in [1.82, 2.24) is 20.9 Å². The van der Waals surface area contributed by atoms with Gasteiger partial charge in [0.2, 0.25) is 17.7 Å². The zero-order chi connectivity index (χ0) is 28.7. The van der Waals surface area contributed by atoms with Gasteiger partial charge in [-0.2, -0.15) is 0 Å². The molecule has 0 aliphatic carbocycles. The maximum absolute atomic E-state index is 13.8. The molecule has 0 radical (unpaired) electrons. The predicted molar refractivity (Wildman–Crippen MR) is 162 cm³/mol. The minimum Gasteiger partial charge on any atom is -0.390 e. The van der Waals surface area contributed by atoms with Crippen LogP contribution in [-0.2, 0) is 25.5 Å². The molecule has 2 saturated heterocycles. The first-order chi connectivity index (χ1) is 19.1. The fourth-order valence-electron chi connectivity index (χ4n) is 5.33. The van der Waals surface area contributed by atoms with Crippen LogP contribution >= 0.6 is 12.4 Å². The maximum atomic E-state index is 13.8. The van der Waals surface area contributed by atoms with E-state index in [2.05, 4.69) is 16.0 Å².